The van der Waals surface area contributed by atoms with Crippen LogP contribution in [0.5, 0.6) is 0 Å². The number of ether oxygens (including phenoxy) is 1. The van der Waals surface area contributed by atoms with Crippen molar-refractivity contribution in [2.24, 2.45) is 17.8 Å². The monoisotopic (exact) mass is 367 g/mol. The van der Waals surface area contributed by atoms with Gasteiger partial charge in [0.05, 0.1) is 13.7 Å². The molecular formula is C21H37NO4. The van der Waals surface area contributed by atoms with Crippen molar-refractivity contribution in [3.05, 3.63) is 0 Å². The minimum atomic E-state index is -0.158. The van der Waals surface area contributed by atoms with Crippen LogP contribution in [-0.4, -0.2) is 25.6 Å². The highest BCUT2D eigenvalue weighted by Gasteiger charge is 2.36. The first-order valence-electron chi connectivity index (χ1n) is 10.7. The number of fused-ring (bicyclic) bond motifs is 1. The van der Waals surface area contributed by atoms with Gasteiger partial charge in [-0.05, 0) is 56.3 Å². The summed E-state index contributed by atoms with van der Waals surface area (Å²) in [4.78, 5) is 28.4. The van der Waals surface area contributed by atoms with E-state index in [0.29, 0.717) is 25.4 Å². The van der Waals surface area contributed by atoms with E-state index in [0.717, 1.165) is 37.5 Å². The molecule has 3 unspecified atom stereocenters. The lowest BCUT2D eigenvalue weighted by molar-refractivity contribution is -0.140. The number of hydrogen-bond donors (Lipinski definition) is 1. The first kappa shape index (κ1) is 21.2. The molecule has 0 spiro atoms. The lowest BCUT2D eigenvalue weighted by Crippen LogP contribution is -2.26. The predicted octanol–water partition coefficient (Wildman–Crippen LogP) is 4.54. The van der Waals surface area contributed by atoms with Crippen LogP contribution in [0.4, 0.5) is 0 Å². The molecule has 0 aliphatic heterocycles. The summed E-state index contributed by atoms with van der Waals surface area (Å²) in [6.07, 6.45) is 15.3. The van der Waals surface area contributed by atoms with Crippen LogP contribution in [0.3, 0.4) is 0 Å². The number of nitrogens with one attached hydrogen (secondary N) is 1. The first-order valence-corrected chi connectivity index (χ1v) is 10.7. The average Bonchev–Trinajstić information content (AvgIpc) is 3.40. The van der Waals surface area contributed by atoms with Crippen LogP contribution in [0, 0.1) is 17.8 Å². The number of unbranched alkanes of at least 4 members (excludes halogenated alkanes) is 3. The molecule has 1 N–H and O–H groups in total. The van der Waals surface area contributed by atoms with E-state index < -0.39 is 0 Å². The van der Waals surface area contributed by atoms with E-state index in [4.69, 9.17) is 4.84 Å². The summed E-state index contributed by atoms with van der Waals surface area (Å²) in [5.74, 6) is 2.40. The van der Waals surface area contributed by atoms with E-state index >= 15 is 0 Å². The Balaban J connectivity index is 1.47. The highest BCUT2D eigenvalue weighted by Crippen LogP contribution is 2.46. The predicted molar refractivity (Wildman–Crippen MR) is 101 cm³/mol. The van der Waals surface area contributed by atoms with Crippen molar-refractivity contribution in [3.63, 3.8) is 0 Å². The molecule has 26 heavy (non-hydrogen) atoms. The normalized spacial score (nSPS) is 25.8. The van der Waals surface area contributed by atoms with E-state index in [1.165, 1.54) is 58.5 Å². The highest BCUT2D eigenvalue weighted by atomic mass is 16.6. The second-order valence-corrected chi connectivity index (χ2v) is 8.16. The molecule has 5 nitrogen and oxygen atoms in total. The average molecular weight is 368 g/mol. The minimum absolute atomic E-state index is 0.0277. The Morgan fingerprint density at radius 2 is 1.62 bits per heavy atom. The maximum atomic E-state index is 11.8. The summed E-state index contributed by atoms with van der Waals surface area (Å²) in [6, 6.07) is 0. The van der Waals surface area contributed by atoms with Gasteiger partial charge >= 0.3 is 5.97 Å². The van der Waals surface area contributed by atoms with Gasteiger partial charge in [-0.3, -0.25) is 14.4 Å². The fourth-order valence-corrected chi connectivity index (χ4v) is 4.10. The Labute approximate surface area is 158 Å². The molecule has 2 aliphatic carbocycles. The van der Waals surface area contributed by atoms with Gasteiger partial charge in [0.1, 0.15) is 0 Å². The van der Waals surface area contributed by atoms with Crippen molar-refractivity contribution in [1.82, 2.24) is 5.48 Å². The molecule has 150 valence electrons. The van der Waals surface area contributed by atoms with Gasteiger partial charge in [0.15, 0.2) is 0 Å². The number of carbonyl (C=O) groups excluding carboxylic acids is 2. The van der Waals surface area contributed by atoms with Crippen molar-refractivity contribution in [1.29, 1.82) is 0 Å². The molecule has 0 saturated heterocycles. The van der Waals surface area contributed by atoms with Crippen molar-refractivity contribution in [2.45, 2.75) is 89.9 Å². The molecule has 5 heteroatoms. The first-order chi connectivity index (χ1) is 12.7. The van der Waals surface area contributed by atoms with Crippen LogP contribution in [-0.2, 0) is 19.2 Å². The molecule has 0 aromatic carbocycles. The zero-order chi connectivity index (χ0) is 18.6. The fraction of sp³-hybridized carbons (Fsp3) is 0.905. The van der Waals surface area contributed by atoms with E-state index in [1.54, 1.807) is 0 Å². The van der Waals surface area contributed by atoms with Gasteiger partial charge in [0.2, 0.25) is 5.91 Å². The van der Waals surface area contributed by atoms with Gasteiger partial charge in [0, 0.05) is 12.8 Å². The molecule has 2 rings (SSSR count). The lowest BCUT2D eigenvalue weighted by Gasteiger charge is -2.18. The van der Waals surface area contributed by atoms with Crippen molar-refractivity contribution < 1.29 is 19.2 Å². The summed E-state index contributed by atoms with van der Waals surface area (Å²) < 4.78 is 4.61. The number of hydrogen-bond acceptors (Lipinski definition) is 4. The van der Waals surface area contributed by atoms with Gasteiger partial charge in [0.25, 0.3) is 0 Å². The minimum Gasteiger partial charge on any atom is -0.469 e. The molecule has 2 aliphatic rings. The number of methoxy groups -OCH3 is 1. The van der Waals surface area contributed by atoms with E-state index in [2.05, 4.69) is 10.2 Å². The van der Waals surface area contributed by atoms with Crippen LogP contribution in [0.1, 0.15) is 89.9 Å². The molecule has 0 aromatic rings. The SMILES string of the molecule is COC(=O)CCCCCCC(=O)NOCC1CCCCCC2CC2CC1. The lowest BCUT2D eigenvalue weighted by atomic mass is 9.93. The van der Waals surface area contributed by atoms with Gasteiger partial charge < -0.3 is 4.74 Å². The van der Waals surface area contributed by atoms with E-state index in [-0.39, 0.29) is 11.9 Å². The topological polar surface area (TPSA) is 64.6 Å². The summed E-state index contributed by atoms with van der Waals surface area (Å²) in [5.41, 5.74) is 2.62. The Morgan fingerprint density at radius 3 is 2.42 bits per heavy atom. The smallest absolute Gasteiger partial charge is 0.305 e. The number of carbonyl (C=O) groups is 2. The van der Waals surface area contributed by atoms with Gasteiger partial charge in [-0.15, -0.1) is 0 Å². The summed E-state index contributed by atoms with van der Waals surface area (Å²) in [6.45, 7) is 0.655. The molecule has 0 heterocycles. The third-order valence-corrected chi connectivity index (χ3v) is 5.97. The second kappa shape index (κ2) is 12.3. The van der Waals surface area contributed by atoms with Gasteiger partial charge in [-0.25, -0.2) is 5.48 Å². The molecule has 2 fully saturated rings. The molecular weight excluding hydrogens is 330 g/mol. The molecule has 0 aromatic heterocycles. The van der Waals surface area contributed by atoms with Crippen LogP contribution in [0.2, 0.25) is 0 Å². The Kier molecular flexibility index (Phi) is 10.0. The van der Waals surface area contributed by atoms with Crippen molar-refractivity contribution >= 4 is 11.9 Å². The number of amides is 1. The second-order valence-electron chi connectivity index (χ2n) is 8.16. The largest absolute Gasteiger partial charge is 0.469 e. The molecule has 1 amide bonds. The fourth-order valence-electron chi connectivity index (χ4n) is 4.10. The zero-order valence-electron chi connectivity index (χ0n) is 16.5. The van der Waals surface area contributed by atoms with Gasteiger partial charge in [-0.1, -0.05) is 38.5 Å². The van der Waals surface area contributed by atoms with Crippen molar-refractivity contribution in [3.8, 4) is 0 Å². The molecule has 0 bridgehead atoms. The van der Waals surface area contributed by atoms with Gasteiger partial charge in [-0.2, -0.15) is 0 Å². The summed E-state index contributed by atoms with van der Waals surface area (Å²) >= 11 is 0. The van der Waals surface area contributed by atoms with Crippen LogP contribution < -0.4 is 5.48 Å². The van der Waals surface area contributed by atoms with E-state index in [9.17, 15) is 9.59 Å². The Bertz CT molecular complexity index is 426. The van der Waals surface area contributed by atoms with Crippen LogP contribution >= 0.6 is 0 Å². The van der Waals surface area contributed by atoms with Crippen LogP contribution in [0.25, 0.3) is 0 Å². The maximum absolute atomic E-state index is 11.8. The highest BCUT2D eigenvalue weighted by molar-refractivity contribution is 5.74. The van der Waals surface area contributed by atoms with E-state index in [1.807, 2.05) is 0 Å². The standard InChI is InChI=1S/C21H37NO4/c1-25-21(24)12-8-3-2-7-11-20(23)22-26-16-17-9-5-4-6-10-18-15-19(18)14-13-17/h17-19H,2-16H2,1H3,(H,22,23). The summed E-state index contributed by atoms with van der Waals surface area (Å²) in [5, 5.41) is 0. The molecule has 2 saturated carbocycles. The quantitative estimate of drug-likeness (QED) is 0.350. The number of hydroxylamine groups is 1. The maximum Gasteiger partial charge on any atom is 0.305 e. The zero-order valence-corrected chi connectivity index (χ0v) is 16.5. The summed E-state index contributed by atoms with van der Waals surface area (Å²) in [7, 11) is 1.41. The Hall–Kier alpha value is -1.10. The molecule has 3 atom stereocenters. The molecule has 0 radical (unpaired) electrons. The number of esters is 1. The third-order valence-electron chi connectivity index (χ3n) is 5.97. The van der Waals surface area contributed by atoms with Crippen molar-refractivity contribution in [2.75, 3.05) is 13.7 Å². The Morgan fingerprint density at radius 1 is 0.885 bits per heavy atom. The van der Waals surface area contributed by atoms with Crippen LogP contribution in [0.15, 0.2) is 0 Å². The third kappa shape index (κ3) is 9.02. The number of rotatable bonds is 10.